The molecule has 0 spiro atoms. The Hall–Kier alpha value is -2.41. The van der Waals surface area contributed by atoms with E-state index in [1.54, 1.807) is 0 Å². The molecule has 0 fully saturated rings. The molecule has 0 saturated heterocycles. The van der Waals surface area contributed by atoms with Crippen LogP contribution in [0.25, 0.3) is 11.3 Å². The number of halogens is 3. The Labute approximate surface area is 130 Å². The third kappa shape index (κ3) is 3.68. The maximum absolute atomic E-state index is 14.2. The van der Waals surface area contributed by atoms with E-state index in [0.717, 1.165) is 31.4 Å². The van der Waals surface area contributed by atoms with E-state index < -0.39 is 34.7 Å². The maximum Gasteiger partial charge on any atom is 0.356 e. The van der Waals surface area contributed by atoms with Crippen LogP contribution in [0.1, 0.15) is 16.1 Å². The van der Waals surface area contributed by atoms with E-state index in [-0.39, 0.29) is 5.69 Å². The standard InChI is InChI=1S/C16H14F3NO3/c1-22-6-5-9-7-11(18)14(12(19)8-9)15-10(17)3-4-13(20-15)16(21)23-2/h3-4,7-8H,5-6H2,1-2H3. The van der Waals surface area contributed by atoms with Crippen molar-refractivity contribution in [3.63, 3.8) is 0 Å². The van der Waals surface area contributed by atoms with E-state index in [4.69, 9.17) is 4.74 Å². The van der Waals surface area contributed by atoms with Crippen LogP contribution >= 0.6 is 0 Å². The summed E-state index contributed by atoms with van der Waals surface area (Å²) in [7, 11) is 2.59. The van der Waals surface area contributed by atoms with E-state index in [1.807, 2.05) is 0 Å². The zero-order valence-electron chi connectivity index (χ0n) is 12.5. The normalized spacial score (nSPS) is 10.7. The van der Waals surface area contributed by atoms with Gasteiger partial charge in [-0.05, 0) is 36.2 Å². The number of hydrogen-bond acceptors (Lipinski definition) is 4. The molecule has 122 valence electrons. The van der Waals surface area contributed by atoms with Gasteiger partial charge in [-0.2, -0.15) is 0 Å². The summed E-state index contributed by atoms with van der Waals surface area (Å²) in [6, 6.07) is 4.16. The Balaban J connectivity index is 2.51. The topological polar surface area (TPSA) is 48.4 Å². The monoisotopic (exact) mass is 325 g/mol. The molecule has 7 heteroatoms. The number of benzene rings is 1. The molecule has 2 aromatic rings. The maximum atomic E-state index is 14.2. The highest BCUT2D eigenvalue weighted by Crippen LogP contribution is 2.28. The van der Waals surface area contributed by atoms with Crippen molar-refractivity contribution in [1.29, 1.82) is 0 Å². The van der Waals surface area contributed by atoms with Gasteiger partial charge in [-0.3, -0.25) is 0 Å². The smallest absolute Gasteiger partial charge is 0.356 e. The van der Waals surface area contributed by atoms with Crippen molar-refractivity contribution in [2.45, 2.75) is 6.42 Å². The highest BCUT2D eigenvalue weighted by Gasteiger charge is 2.20. The number of ether oxygens (including phenoxy) is 2. The van der Waals surface area contributed by atoms with Crippen LogP contribution in [-0.2, 0) is 15.9 Å². The van der Waals surface area contributed by atoms with Crippen LogP contribution in [0, 0.1) is 17.5 Å². The lowest BCUT2D eigenvalue weighted by atomic mass is 10.0. The summed E-state index contributed by atoms with van der Waals surface area (Å²) in [5.74, 6) is -3.71. The zero-order valence-corrected chi connectivity index (χ0v) is 12.5. The number of esters is 1. The van der Waals surface area contributed by atoms with Crippen molar-refractivity contribution in [3.8, 4) is 11.3 Å². The van der Waals surface area contributed by atoms with Gasteiger partial charge in [0.25, 0.3) is 0 Å². The minimum Gasteiger partial charge on any atom is -0.464 e. The number of nitrogens with zero attached hydrogens (tertiary/aromatic N) is 1. The lowest BCUT2D eigenvalue weighted by Crippen LogP contribution is -2.07. The average molecular weight is 325 g/mol. The number of pyridine rings is 1. The van der Waals surface area contributed by atoms with E-state index in [9.17, 15) is 18.0 Å². The van der Waals surface area contributed by atoms with Crippen molar-refractivity contribution < 1.29 is 27.4 Å². The van der Waals surface area contributed by atoms with Crippen molar-refractivity contribution >= 4 is 5.97 Å². The van der Waals surface area contributed by atoms with Crippen LogP contribution in [0.15, 0.2) is 24.3 Å². The Kier molecular flexibility index (Phi) is 5.33. The first-order valence-electron chi connectivity index (χ1n) is 6.70. The van der Waals surface area contributed by atoms with E-state index in [2.05, 4.69) is 9.72 Å². The Bertz CT molecular complexity index is 712. The molecule has 2 rings (SSSR count). The van der Waals surface area contributed by atoms with Crippen LogP contribution in [0.3, 0.4) is 0 Å². The summed E-state index contributed by atoms with van der Waals surface area (Å²) in [6.07, 6.45) is 0.308. The van der Waals surface area contributed by atoms with Gasteiger partial charge in [0.2, 0.25) is 0 Å². The fourth-order valence-corrected chi connectivity index (χ4v) is 2.05. The largest absolute Gasteiger partial charge is 0.464 e. The fourth-order valence-electron chi connectivity index (χ4n) is 2.05. The predicted octanol–water partition coefficient (Wildman–Crippen LogP) is 3.14. The van der Waals surface area contributed by atoms with E-state index in [0.29, 0.717) is 18.6 Å². The van der Waals surface area contributed by atoms with Crippen LogP contribution in [0.2, 0.25) is 0 Å². The van der Waals surface area contributed by atoms with Crippen molar-refractivity contribution in [3.05, 3.63) is 53.0 Å². The Morgan fingerprint density at radius 3 is 2.30 bits per heavy atom. The molecule has 0 N–H and O–H groups in total. The minimum atomic E-state index is -0.968. The lowest BCUT2D eigenvalue weighted by molar-refractivity contribution is 0.0594. The second-order valence-corrected chi connectivity index (χ2v) is 4.70. The Morgan fingerprint density at radius 2 is 1.74 bits per heavy atom. The van der Waals surface area contributed by atoms with Crippen LogP contribution < -0.4 is 0 Å². The molecule has 0 bridgehead atoms. The molecule has 0 aliphatic carbocycles. The summed E-state index contributed by atoms with van der Waals surface area (Å²) in [6.45, 7) is 0.294. The first-order chi connectivity index (χ1) is 11.0. The molecule has 23 heavy (non-hydrogen) atoms. The molecule has 0 saturated carbocycles. The first kappa shape index (κ1) is 17.0. The van der Waals surface area contributed by atoms with Crippen LogP contribution in [0.5, 0.6) is 0 Å². The predicted molar refractivity (Wildman–Crippen MR) is 76.5 cm³/mol. The van der Waals surface area contributed by atoms with Gasteiger partial charge in [0.1, 0.15) is 28.8 Å². The highest BCUT2D eigenvalue weighted by atomic mass is 19.1. The third-order valence-corrected chi connectivity index (χ3v) is 3.17. The average Bonchev–Trinajstić information content (AvgIpc) is 2.53. The zero-order chi connectivity index (χ0) is 17.0. The number of aromatic nitrogens is 1. The summed E-state index contributed by atoms with van der Waals surface area (Å²) in [5.41, 5.74) is -1.09. The van der Waals surface area contributed by atoms with Gasteiger partial charge < -0.3 is 9.47 Å². The third-order valence-electron chi connectivity index (χ3n) is 3.17. The van der Waals surface area contributed by atoms with Crippen molar-refractivity contribution in [2.24, 2.45) is 0 Å². The minimum absolute atomic E-state index is 0.244. The molecule has 0 aliphatic rings. The molecule has 0 unspecified atom stereocenters. The molecule has 4 nitrogen and oxygen atoms in total. The van der Waals surface area contributed by atoms with Gasteiger partial charge in [0, 0.05) is 7.11 Å². The van der Waals surface area contributed by atoms with Crippen molar-refractivity contribution in [1.82, 2.24) is 4.98 Å². The van der Waals surface area contributed by atoms with E-state index >= 15 is 0 Å². The molecule has 0 amide bonds. The SMILES string of the molecule is COCCc1cc(F)c(-c2nc(C(=O)OC)ccc2F)c(F)c1. The molecule has 0 radical (unpaired) electrons. The number of hydrogen-bond donors (Lipinski definition) is 0. The van der Waals surface area contributed by atoms with Gasteiger partial charge in [-0.15, -0.1) is 0 Å². The summed E-state index contributed by atoms with van der Waals surface area (Å²) >= 11 is 0. The summed E-state index contributed by atoms with van der Waals surface area (Å²) < 4.78 is 51.7. The molecule has 1 aromatic heterocycles. The van der Waals surface area contributed by atoms with Crippen LogP contribution in [0.4, 0.5) is 13.2 Å². The fraction of sp³-hybridized carbons (Fsp3) is 0.250. The van der Waals surface area contributed by atoms with Gasteiger partial charge in [-0.25, -0.2) is 22.9 Å². The van der Waals surface area contributed by atoms with E-state index in [1.165, 1.54) is 7.11 Å². The summed E-state index contributed by atoms with van der Waals surface area (Å²) in [4.78, 5) is 15.1. The molecule has 1 aromatic carbocycles. The second-order valence-electron chi connectivity index (χ2n) is 4.70. The van der Waals surface area contributed by atoms with Crippen LogP contribution in [-0.4, -0.2) is 31.8 Å². The molecular formula is C16H14F3NO3. The quantitative estimate of drug-likeness (QED) is 0.793. The lowest BCUT2D eigenvalue weighted by Gasteiger charge is -2.09. The highest BCUT2D eigenvalue weighted by molar-refractivity contribution is 5.87. The molecule has 0 aliphatic heterocycles. The van der Waals surface area contributed by atoms with Gasteiger partial charge >= 0.3 is 5.97 Å². The summed E-state index contributed by atoms with van der Waals surface area (Å²) in [5, 5.41) is 0. The first-order valence-corrected chi connectivity index (χ1v) is 6.70. The second kappa shape index (κ2) is 7.23. The Morgan fingerprint density at radius 1 is 1.09 bits per heavy atom. The molecule has 0 atom stereocenters. The molecular weight excluding hydrogens is 311 g/mol. The number of carbonyl (C=O) groups is 1. The van der Waals surface area contributed by atoms with Crippen molar-refractivity contribution in [2.75, 3.05) is 20.8 Å². The van der Waals surface area contributed by atoms with Gasteiger partial charge in [0.05, 0.1) is 19.3 Å². The van der Waals surface area contributed by atoms with Gasteiger partial charge in [-0.1, -0.05) is 0 Å². The number of methoxy groups -OCH3 is 2. The molecule has 1 heterocycles. The number of rotatable bonds is 5. The van der Waals surface area contributed by atoms with Gasteiger partial charge in [0.15, 0.2) is 0 Å². The number of carbonyl (C=O) groups excluding carboxylic acids is 1.